The highest BCUT2D eigenvalue weighted by atomic mass is 31.2. The zero-order valence-corrected chi connectivity index (χ0v) is 62.3. The maximum absolute atomic E-state index is 13.1. The number of ether oxygens (including phenoxy) is 4. The van der Waals surface area contributed by atoms with Crippen molar-refractivity contribution in [2.45, 2.75) is 400 Å². The molecule has 93 heavy (non-hydrogen) atoms. The normalized spacial score (nSPS) is 14.3. The number of carbonyl (C=O) groups excluding carboxylic acids is 4. The van der Waals surface area contributed by atoms with Crippen molar-refractivity contribution < 1.29 is 80.2 Å². The van der Waals surface area contributed by atoms with Crippen molar-refractivity contribution in [2.75, 3.05) is 39.6 Å². The predicted molar refractivity (Wildman–Crippen MR) is 377 cm³/mol. The van der Waals surface area contributed by atoms with Gasteiger partial charge in [0, 0.05) is 25.7 Å². The molecule has 0 fully saturated rings. The largest absolute Gasteiger partial charge is 0.472 e. The SMILES string of the molecule is CCCCCCCCCCCCC(=O)O[C@H](COC(=O)CCCCCCCCC)COP(=O)(O)OC[C@H](O)COP(=O)(O)OC[C@@H](COC(=O)CCCCCCCCCCCCCC(C)C)OC(=O)CCCCCCCCCCCCCCCCCCCCC(C)CC. The summed E-state index contributed by atoms with van der Waals surface area (Å²) in [5.41, 5.74) is 0. The first-order chi connectivity index (χ1) is 44.9. The molecule has 6 atom stereocenters. The molecule has 0 saturated heterocycles. The van der Waals surface area contributed by atoms with E-state index in [4.69, 9.17) is 37.0 Å². The van der Waals surface area contributed by atoms with E-state index in [2.05, 4.69) is 41.5 Å². The highest BCUT2D eigenvalue weighted by molar-refractivity contribution is 7.47. The maximum Gasteiger partial charge on any atom is 0.472 e. The molecule has 17 nitrogen and oxygen atoms in total. The highest BCUT2D eigenvalue weighted by Gasteiger charge is 2.30. The monoisotopic (exact) mass is 1370 g/mol. The minimum atomic E-state index is -4.95. The summed E-state index contributed by atoms with van der Waals surface area (Å²) in [6.07, 6.45) is 52.9. The molecular weight excluding hydrogens is 1220 g/mol. The van der Waals surface area contributed by atoms with Gasteiger partial charge in [0.15, 0.2) is 12.2 Å². The Hall–Kier alpha value is -1.94. The van der Waals surface area contributed by atoms with Crippen LogP contribution in [0.25, 0.3) is 0 Å². The lowest BCUT2D eigenvalue weighted by molar-refractivity contribution is -0.161. The standard InChI is InChI=1S/C74H144O17P2/c1-7-10-12-14-16-17-33-40-46-52-58-73(78)90-69(62-84-71(76)56-50-44-36-15-13-11-8-2)64-88-92(80,81)86-60-68(75)61-87-93(82,83)89-65-70(63-85-72(77)57-51-45-39-34-30-26-27-31-37-42-48-54-66(4)5)91-74(79)59-53-47-41-35-29-25-23-21-19-18-20-22-24-28-32-38-43-49-55-67(6)9-3/h66-70,75H,7-65H2,1-6H3,(H,80,81)(H,82,83)/t67?,68-,69+,70+/m0/s1. The fraction of sp³-hybridized carbons (Fsp3) is 0.946. The van der Waals surface area contributed by atoms with Gasteiger partial charge >= 0.3 is 39.5 Å². The third kappa shape index (κ3) is 67.0. The number of hydrogen-bond donors (Lipinski definition) is 3. The van der Waals surface area contributed by atoms with E-state index >= 15 is 0 Å². The number of esters is 4. The Morgan fingerprint density at radius 2 is 0.548 bits per heavy atom. The van der Waals surface area contributed by atoms with Gasteiger partial charge in [-0.2, -0.15) is 0 Å². The maximum atomic E-state index is 13.1. The fourth-order valence-electron chi connectivity index (χ4n) is 11.3. The van der Waals surface area contributed by atoms with Gasteiger partial charge in [-0.05, 0) is 37.5 Å². The Labute approximate surface area is 568 Å². The van der Waals surface area contributed by atoms with Gasteiger partial charge in [-0.25, -0.2) is 9.13 Å². The van der Waals surface area contributed by atoms with E-state index in [1.54, 1.807) is 0 Å². The second-order valence-corrected chi connectivity index (χ2v) is 30.3. The predicted octanol–water partition coefficient (Wildman–Crippen LogP) is 21.6. The number of rotatable bonds is 73. The molecule has 19 heteroatoms. The summed E-state index contributed by atoms with van der Waals surface area (Å²) in [5.74, 6) is -0.482. The molecule has 0 aliphatic rings. The molecule has 552 valence electrons. The van der Waals surface area contributed by atoms with Crippen LogP contribution in [0.3, 0.4) is 0 Å². The van der Waals surface area contributed by atoms with Crippen molar-refractivity contribution in [3.8, 4) is 0 Å². The number of phosphoric ester groups is 2. The Kier molecular flexibility index (Phi) is 64.6. The number of aliphatic hydroxyl groups excluding tert-OH is 1. The molecule has 0 aromatic rings. The zero-order chi connectivity index (χ0) is 68.6. The molecule has 3 N–H and O–H groups in total. The second kappa shape index (κ2) is 66.0. The molecule has 0 amide bonds. The topological polar surface area (TPSA) is 237 Å². The molecule has 0 rings (SSSR count). The van der Waals surface area contributed by atoms with E-state index in [9.17, 15) is 43.2 Å². The van der Waals surface area contributed by atoms with Crippen LogP contribution in [0.15, 0.2) is 0 Å². The first-order valence-electron chi connectivity index (χ1n) is 38.5. The average Bonchev–Trinajstić information content (AvgIpc) is 1.77. The van der Waals surface area contributed by atoms with Crippen molar-refractivity contribution >= 4 is 39.5 Å². The number of unbranched alkanes of at least 4 members (excludes halogenated alkanes) is 42. The smallest absolute Gasteiger partial charge is 0.462 e. The molecule has 0 bridgehead atoms. The fourth-order valence-corrected chi connectivity index (χ4v) is 12.8. The van der Waals surface area contributed by atoms with Gasteiger partial charge in [-0.3, -0.25) is 37.3 Å². The Bertz CT molecular complexity index is 1810. The van der Waals surface area contributed by atoms with Gasteiger partial charge in [0.2, 0.25) is 0 Å². The summed E-state index contributed by atoms with van der Waals surface area (Å²) < 4.78 is 68.3. The number of carbonyl (C=O) groups is 4. The Balaban J connectivity index is 5.14. The second-order valence-electron chi connectivity index (χ2n) is 27.4. The Morgan fingerprint density at radius 3 is 0.817 bits per heavy atom. The summed E-state index contributed by atoms with van der Waals surface area (Å²) in [7, 11) is -9.90. The van der Waals surface area contributed by atoms with Crippen LogP contribution in [-0.4, -0.2) is 96.7 Å². The van der Waals surface area contributed by atoms with Gasteiger partial charge in [-0.1, -0.05) is 330 Å². The number of aliphatic hydroxyl groups is 1. The summed E-state index contributed by atoms with van der Waals surface area (Å²) in [6, 6.07) is 0. The van der Waals surface area contributed by atoms with Gasteiger partial charge in [-0.15, -0.1) is 0 Å². The van der Waals surface area contributed by atoms with E-state index in [1.165, 1.54) is 186 Å². The van der Waals surface area contributed by atoms with E-state index in [1.807, 2.05) is 0 Å². The van der Waals surface area contributed by atoms with E-state index in [0.717, 1.165) is 115 Å². The summed E-state index contributed by atoms with van der Waals surface area (Å²) in [6.45, 7) is 9.60. The first kappa shape index (κ1) is 91.1. The number of phosphoric acid groups is 2. The quantitative estimate of drug-likeness (QED) is 0.0222. The Morgan fingerprint density at radius 1 is 0.312 bits per heavy atom. The molecular formula is C74H144O17P2. The lowest BCUT2D eigenvalue weighted by Gasteiger charge is -2.21. The molecule has 3 unspecified atom stereocenters. The molecule has 0 aliphatic heterocycles. The van der Waals surface area contributed by atoms with Gasteiger partial charge in [0.05, 0.1) is 26.4 Å². The van der Waals surface area contributed by atoms with E-state index in [-0.39, 0.29) is 25.7 Å². The zero-order valence-electron chi connectivity index (χ0n) is 60.6. The summed E-state index contributed by atoms with van der Waals surface area (Å²) in [4.78, 5) is 72.5. The molecule has 0 aromatic heterocycles. The van der Waals surface area contributed by atoms with Crippen LogP contribution in [0, 0.1) is 11.8 Å². The van der Waals surface area contributed by atoms with Crippen molar-refractivity contribution in [2.24, 2.45) is 11.8 Å². The van der Waals surface area contributed by atoms with Crippen molar-refractivity contribution in [1.29, 1.82) is 0 Å². The van der Waals surface area contributed by atoms with Gasteiger partial charge in [0.1, 0.15) is 19.3 Å². The molecule has 0 spiro atoms. The third-order valence-electron chi connectivity index (χ3n) is 17.6. The minimum Gasteiger partial charge on any atom is -0.462 e. The first-order valence-corrected chi connectivity index (χ1v) is 41.5. The molecule has 0 aromatic carbocycles. The van der Waals surface area contributed by atoms with Crippen LogP contribution in [0.1, 0.15) is 382 Å². The van der Waals surface area contributed by atoms with Gasteiger partial charge < -0.3 is 33.8 Å². The third-order valence-corrected chi connectivity index (χ3v) is 19.5. The molecule has 0 saturated carbocycles. The van der Waals surface area contributed by atoms with Crippen LogP contribution < -0.4 is 0 Å². The summed E-state index contributed by atoms with van der Waals surface area (Å²) in [5, 5.41) is 10.6. The van der Waals surface area contributed by atoms with E-state index in [0.29, 0.717) is 25.7 Å². The highest BCUT2D eigenvalue weighted by Crippen LogP contribution is 2.45. The van der Waals surface area contributed by atoms with Crippen LogP contribution in [0.4, 0.5) is 0 Å². The molecule has 0 aliphatic carbocycles. The van der Waals surface area contributed by atoms with Crippen LogP contribution in [0.5, 0.6) is 0 Å². The van der Waals surface area contributed by atoms with Crippen molar-refractivity contribution in [3.63, 3.8) is 0 Å². The molecule has 0 heterocycles. The lowest BCUT2D eigenvalue weighted by atomic mass is 9.99. The summed E-state index contributed by atoms with van der Waals surface area (Å²) >= 11 is 0. The van der Waals surface area contributed by atoms with Crippen molar-refractivity contribution in [3.05, 3.63) is 0 Å². The van der Waals surface area contributed by atoms with Crippen LogP contribution >= 0.6 is 15.6 Å². The average molecular weight is 1370 g/mol. The number of hydrogen-bond acceptors (Lipinski definition) is 15. The lowest BCUT2D eigenvalue weighted by Crippen LogP contribution is -2.30. The van der Waals surface area contributed by atoms with Crippen LogP contribution in [-0.2, 0) is 65.4 Å². The van der Waals surface area contributed by atoms with E-state index < -0.39 is 97.5 Å². The van der Waals surface area contributed by atoms with Gasteiger partial charge in [0.25, 0.3) is 0 Å². The molecule has 0 radical (unpaired) electrons. The minimum absolute atomic E-state index is 0.106. The van der Waals surface area contributed by atoms with Crippen molar-refractivity contribution in [1.82, 2.24) is 0 Å². The van der Waals surface area contributed by atoms with Crippen LogP contribution in [0.2, 0.25) is 0 Å².